The summed E-state index contributed by atoms with van der Waals surface area (Å²) in [5.74, 6) is 0.0743. The molecule has 4 nitrogen and oxygen atoms in total. The van der Waals surface area contributed by atoms with Crippen LogP contribution in [0.2, 0.25) is 0 Å². The molecule has 0 aliphatic heterocycles. The zero-order chi connectivity index (χ0) is 10.3. The topological polar surface area (TPSA) is 41.6 Å². The summed E-state index contributed by atoms with van der Waals surface area (Å²) in [7, 11) is 3.67. The quantitative estimate of drug-likeness (QED) is 0.601. The first kappa shape index (κ1) is 12.4. The van der Waals surface area contributed by atoms with Gasteiger partial charge in [0.05, 0.1) is 13.2 Å². The molecule has 0 heterocycles. The summed E-state index contributed by atoms with van der Waals surface area (Å²) in [5.41, 5.74) is 0. The molecule has 0 fully saturated rings. The van der Waals surface area contributed by atoms with Crippen molar-refractivity contribution in [2.45, 2.75) is 19.9 Å². The second-order valence-electron chi connectivity index (χ2n) is 3.21. The van der Waals surface area contributed by atoms with Crippen LogP contribution in [0.3, 0.4) is 0 Å². The number of rotatable bonds is 6. The second kappa shape index (κ2) is 6.86. The largest absolute Gasteiger partial charge is 0.378 e. The molecule has 0 saturated heterocycles. The van der Waals surface area contributed by atoms with E-state index in [-0.39, 0.29) is 5.91 Å². The van der Waals surface area contributed by atoms with E-state index >= 15 is 0 Å². The number of nitrogens with zero attached hydrogens (tertiary/aromatic N) is 1. The Morgan fingerprint density at radius 3 is 2.69 bits per heavy atom. The van der Waals surface area contributed by atoms with Crippen molar-refractivity contribution in [3.8, 4) is 0 Å². The van der Waals surface area contributed by atoms with Crippen LogP contribution in [-0.4, -0.2) is 50.7 Å². The molecular formula is C9H20N2O2. The second-order valence-corrected chi connectivity index (χ2v) is 3.21. The summed E-state index contributed by atoms with van der Waals surface area (Å²) in [6.07, 6.45) is 0. The Labute approximate surface area is 80.2 Å². The first-order valence-electron chi connectivity index (χ1n) is 4.54. The van der Waals surface area contributed by atoms with Gasteiger partial charge in [0, 0.05) is 26.6 Å². The molecule has 1 amide bonds. The third-order valence-corrected chi connectivity index (χ3v) is 1.97. The molecule has 0 aliphatic rings. The predicted molar refractivity (Wildman–Crippen MR) is 52.7 cm³/mol. The van der Waals surface area contributed by atoms with Gasteiger partial charge in [0.1, 0.15) is 0 Å². The summed E-state index contributed by atoms with van der Waals surface area (Å²) < 4.78 is 5.35. The maximum atomic E-state index is 10.8. The van der Waals surface area contributed by atoms with Crippen LogP contribution >= 0.6 is 0 Å². The normalized spacial score (nSPS) is 12.6. The maximum Gasteiger partial charge on any atom is 0.219 e. The SMILES string of the molecule is CNC(C)COCCN(C)C(C)=O. The third kappa shape index (κ3) is 6.54. The van der Waals surface area contributed by atoms with Gasteiger partial charge in [0.15, 0.2) is 0 Å². The highest BCUT2D eigenvalue weighted by atomic mass is 16.5. The van der Waals surface area contributed by atoms with E-state index in [2.05, 4.69) is 12.2 Å². The number of ether oxygens (including phenoxy) is 1. The van der Waals surface area contributed by atoms with Crippen LogP contribution < -0.4 is 5.32 Å². The highest BCUT2D eigenvalue weighted by molar-refractivity contribution is 5.72. The van der Waals surface area contributed by atoms with Crippen molar-refractivity contribution in [2.75, 3.05) is 33.9 Å². The average Bonchev–Trinajstić information content (AvgIpc) is 2.11. The van der Waals surface area contributed by atoms with Gasteiger partial charge in [0.25, 0.3) is 0 Å². The standard InChI is InChI=1S/C9H20N2O2/c1-8(10-3)7-13-6-5-11(4)9(2)12/h8,10H,5-7H2,1-4H3. The van der Waals surface area contributed by atoms with Crippen molar-refractivity contribution in [1.82, 2.24) is 10.2 Å². The van der Waals surface area contributed by atoms with Crippen LogP contribution in [0.25, 0.3) is 0 Å². The lowest BCUT2D eigenvalue weighted by Crippen LogP contribution is -2.31. The molecule has 0 rings (SSSR count). The summed E-state index contributed by atoms with van der Waals surface area (Å²) in [6.45, 7) is 5.54. The molecule has 1 N–H and O–H groups in total. The Hall–Kier alpha value is -0.610. The van der Waals surface area contributed by atoms with Crippen molar-refractivity contribution in [1.29, 1.82) is 0 Å². The highest BCUT2D eigenvalue weighted by Crippen LogP contribution is 1.86. The molecule has 0 aromatic carbocycles. The molecule has 4 heteroatoms. The number of amides is 1. The monoisotopic (exact) mass is 188 g/mol. The molecule has 0 radical (unpaired) electrons. The number of carbonyl (C=O) groups is 1. The summed E-state index contributed by atoms with van der Waals surface area (Å²) in [5, 5.41) is 3.07. The first-order chi connectivity index (χ1) is 6.07. The molecule has 0 bridgehead atoms. The minimum Gasteiger partial charge on any atom is -0.378 e. The van der Waals surface area contributed by atoms with E-state index < -0.39 is 0 Å². The summed E-state index contributed by atoms with van der Waals surface area (Å²) in [6, 6.07) is 0.364. The fourth-order valence-corrected chi connectivity index (χ4v) is 0.702. The van der Waals surface area contributed by atoms with Crippen LogP contribution in [0.5, 0.6) is 0 Å². The zero-order valence-electron chi connectivity index (χ0n) is 8.96. The molecule has 0 aromatic rings. The minimum absolute atomic E-state index is 0.0743. The van der Waals surface area contributed by atoms with Crippen molar-refractivity contribution < 1.29 is 9.53 Å². The van der Waals surface area contributed by atoms with Crippen molar-refractivity contribution in [3.05, 3.63) is 0 Å². The van der Waals surface area contributed by atoms with Gasteiger partial charge in [-0.3, -0.25) is 4.79 Å². The number of carbonyl (C=O) groups excluding carboxylic acids is 1. The minimum atomic E-state index is 0.0743. The van der Waals surface area contributed by atoms with Crippen molar-refractivity contribution >= 4 is 5.91 Å². The Bertz CT molecular complexity index is 151. The van der Waals surface area contributed by atoms with Crippen LogP contribution in [0.4, 0.5) is 0 Å². The zero-order valence-corrected chi connectivity index (χ0v) is 8.96. The van der Waals surface area contributed by atoms with Crippen molar-refractivity contribution in [3.63, 3.8) is 0 Å². The van der Waals surface area contributed by atoms with E-state index in [0.29, 0.717) is 25.8 Å². The predicted octanol–water partition coefficient (Wildman–Crippen LogP) is 0.0892. The fourth-order valence-electron chi connectivity index (χ4n) is 0.702. The molecule has 0 saturated carbocycles. The number of likely N-dealkylation sites (N-methyl/N-ethyl adjacent to an activating group) is 2. The van der Waals surface area contributed by atoms with Crippen molar-refractivity contribution in [2.24, 2.45) is 0 Å². The van der Waals surface area contributed by atoms with Gasteiger partial charge in [0.2, 0.25) is 5.91 Å². The van der Waals surface area contributed by atoms with Gasteiger partial charge in [-0.2, -0.15) is 0 Å². The number of hydrogen-bond donors (Lipinski definition) is 1. The number of hydrogen-bond acceptors (Lipinski definition) is 3. The highest BCUT2D eigenvalue weighted by Gasteiger charge is 2.02. The van der Waals surface area contributed by atoms with E-state index in [0.717, 1.165) is 0 Å². The lowest BCUT2D eigenvalue weighted by Gasteiger charge is -2.16. The average molecular weight is 188 g/mol. The van der Waals surface area contributed by atoms with Gasteiger partial charge in [-0.1, -0.05) is 0 Å². The lowest BCUT2D eigenvalue weighted by molar-refractivity contribution is -0.128. The van der Waals surface area contributed by atoms with Gasteiger partial charge in [-0.25, -0.2) is 0 Å². The van der Waals surface area contributed by atoms with Crippen LogP contribution in [0.1, 0.15) is 13.8 Å². The first-order valence-corrected chi connectivity index (χ1v) is 4.54. The maximum absolute atomic E-state index is 10.8. The fraction of sp³-hybridized carbons (Fsp3) is 0.889. The molecule has 0 spiro atoms. The van der Waals surface area contributed by atoms with E-state index in [1.807, 2.05) is 7.05 Å². The Balaban J connectivity index is 3.30. The molecule has 0 aromatic heterocycles. The van der Waals surface area contributed by atoms with Gasteiger partial charge in [-0.05, 0) is 14.0 Å². The molecular weight excluding hydrogens is 168 g/mol. The number of nitrogens with one attached hydrogen (secondary N) is 1. The van der Waals surface area contributed by atoms with E-state index in [9.17, 15) is 4.79 Å². The van der Waals surface area contributed by atoms with E-state index in [1.165, 1.54) is 0 Å². The third-order valence-electron chi connectivity index (χ3n) is 1.97. The lowest BCUT2D eigenvalue weighted by atomic mass is 10.4. The summed E-state index contributed by atoms with van der Waals surface area (Å²) >= 11 is 0. The van der Waals surface area contributed by atoms with E-state index in [1.54, 1.807) is 18.9 Å². The van der Waals surface area contributed by atoms with Gasteiger partial charge < -0.3 is 15.0 Å². The Morgan fingerprint density at radius 1 is 1.62 bits per heavy atom. The van der Waals surface area contributed by atoms with Gasteiger partial charge in [-0.15, -0.1) is 0 Å². The smallest absolute Gasteiger partial charge is 0.219 e. The molecule has 13 heavy (non-hydrogen) atoms. The van der Waals surface area contributed by atoms with E-state index in [4.69, 9.17) is 4.74 Å². The van der Waals surface area contributed by atoms with Gasteiger partial charge >= 0.3 is 0 Å². The molecule has 78 valence electrons. The van der Waals surface area contributed by atoms with Crippen LogP contribution in [0, 0.1) is 0 Å². The Kier molecular flexibility index (Phi) is 6.54. The van der Waals surface area contributed by atoms with Crippen LogP contribution in [-0.2, 0) is 9.53 Å². The molecule has 0 aliphatic carbocycles. The van der Waals surface area contributed by atoms with Crippen LogP contribution in [0.15, 0.2) is 0 Å². The summed E-state index contributed by atoms with van der Waals surface area (Å²) in [4.78, 5) is 12.4. The molecule has 1 atom stereocenters. The molecule has 1 unspecified atom stereocenters. The Morgan fingerprint density at radius 2 is 2.23 bits per heavy atom.